The Balaban J connectivity index is 1.55. The van der Waals surface area contributed by atoms with E-state index in [1.54, 1.807) is 48.7 Å². The lowest BCUT2D eigenvalue weighted by molar-refractivity contribution is -0.114. The molecule has 4 rings (SSSR count). The average Bonchev–Trinajstić information content (AvgIpc) is 3.10. The fraction of sp³-hybridized carbons (Fsp3) is 0.308. The maximum Gasteiger partial charge on any atom is 0.281 e. The van der Waals surface area contributed by atoms with Gasteiger partial charge >= 0.3 is 0 Å². The van der Waals surface area contributed by atoms with Gasteiger partial charge in [-0.1, -0.05) is 19.1 Å². The number of carbonyl (C=O) groups is 2. The number of rotatable bonds is 7. The van der Waals surface area contributed by atoms with E-state index in [2.05, 4.69) is 51.0 Å². The average molecular weight is 523 g/mol. The van der Waals surface area contributed by atoms with Gasteiger partial charge in [0.15, 0.2) is 5.03 Å². The van der Waals surface area contributed by atoms with Crippen LogP contribution in [0.5, 0.6) is 0 Å². The van der Waals surface area contributed by atoms with Gasteiger partial charge < -0.3 is 15.5 Å². The van der Waals surface area contributed by atoms with Gasteiger partial charge in [-0.25, -0.2) is 14.7 Å². The topological polar surface area (TPSA) is 133 Å². The molecular weight excluding hydrogens is 492 g/mol. The second kappa shape index (κ2) is 10.2. The normalized spacial score (nSPS) is 16.8. The van der Waals surface area contributed by atoms with Crippen molar-refractivity contribution < 1.29 is 18.0 Å². The van der Waals surface area contributed by atoms with Crippen LogP contribution in [0.25, 0.3) is 0 Å². The molecule has 1 aromatic carbocycles. The Morgan fingerprint density at radius 3 is 2.49 bits per heavy atom. The first-order valence-corrected chi connectivity index (χ1v) is 13.4. The van der Waals surface area contributed by atoms with Crippen molar-refractivity contribution in [1.29, 1.82) is 0 Å². The van der Waals surface area contributed by atoms with Gasteiger partial charge in [0.25, 0.3) is 15.9 Å². The van der Waals surface area contributed by atoms with E-state index >= 15 is 0 Å². The molecule has 1 saturated heterocycles. The van der Waals surface area contributed by atoms with E-state index in [0.29, 0.717) is 23.1 Å². The zero-order valence-corrected chi connectivity index (χ0v) is 22.0. The van der Waals surface area contributed by atoms with Crippen LogP contribution >= 0.6 is 0 Å². The number of carbonyl (C=O) groups excluding carboxylic acids is 2. The quantitative estimate of drug-likeness (QED) is 0.425. The van der Waals surface area contributed by atoms with Crippen LogP contribution in [0.3, 0.4) is 0 Å². The number of anilines is 4. The Hall–Kier alpha value is -3.99. The molecular formula is C26H30N6O4S. The summed E-state index contributed by atoms with van der Waals surface area (Å²) in [6.07, 6.45) is 2.54. The van der Waals surface area contributed by atoms with Gasteiger partial charge in [0.05, 0.1) is 5.56 Å². The molecule has 37 heavy (non-hydrogen) atoms. The van der Waals surface area contributed by atoms with Crippen molar-refractivity contribution in [3.8, 4) is 0 Å². The Morgan fingerprint density at radius 1 is 1.05 bits per heavy atom. The molecule has 0 aliphatic carbocycles. The van der Waals surface area contributed by atoms with Crippen molar-refractivity contribution in [2.24, 2.45) is 5.92 Å². The molecule has 2 amide bonds. The summed E-state index contributed by atoms with van der Waals surface area (Å²) in [5, 5.41) is 5.39. The first kappa shape index (κ1) is 26.1. The van der Waals surface area contributed by atoms with Crippen molar-refractivity contribution in [2.45, 2.75) is 44.7 Å². The van der Waals surface area contributed by atoms with Crippen molar-refractivity contribution >= 4 is 44.8 Å². The van der Waals surface area contributed by atoms with E-state index in [0.717, 1.165) is 13.0 Å². The van der Waals surface area contributed by atoms with E-state index in [4.69, 9.17) is 0 Å². The molecule has 0 radical (unpaired) electrons. The number of hydrogen-bond donors (Lipinski definition) is 3. The number of sulfonamides is 1. The first-order chi connectivity index (χ1) is 17.5. The van der Waals surface area contributed by atoms with Crippen LogP contribution in [0.1, 0.15) is 44.5 Å². The first-order valence-electron chi connectivity index (χ1n) is 11.9. The Morgan fingerprint density at radius 2 is 1.78 bits per heavy atom. The zero-order chi connectivity index (χ0) is 26.8. The minimum absolute atomic E-state index is 0.178. The largest absolute Gasteiger partial charge is 0.351 e. The Labute approximate surface area is 216 Å². The Kier molecular flexibility index (Phi) is 7.17. The maximum atomic E-state index is 13.2. The molecule has 3 N–H and O–H groups in total. The monoisotopic (exact) mass is 522 g/mol. The van der Waals surface area contributed by atoms with E-state index in [1.165, 1.54) is 19.1 Å². The second-order valence-electron chi connectivity index (χ2n) is 9.55. The summed E-state index contributed by atoms with van der Waals surface area (Å²) in [6, 6.07) is 14.5. The van der Waals surface area contributed by atoms with E-state index in [1.807, 2.05) is 0 Å². The minimum atomic E-state index is -4.28. The maximum absolute atomic E-state index is 13.2. The Bertz CT molecular complexity index is 1440. The summed E-state index contributed by atoms with van der Waals surface area (Å²) < 4.78 is 28.4. The molecule has 10 nitrogen and oxygen atoms in total. The van der Waals surface area contributed by atoms with Crippen LogP contribution in [0.15, 0.2) is 65.8 Å². The zero-order valence-electron chi connectivity index (χ0n) is 21.1. The lowest BCUT2D eigenvalue weighted by Crippen LogP contribution is -2.43. The van der Waals surface area contributed by atoms with Crippen molar-refractivity contribution in [3.63, 3.8) is 0 Å². The van der Waals surface area contributed by atoms with Gasteiger partial charge in [-0.3, -0.25) is 9.59 Å². The summed E-state index contributed by atoms with van der Waals surface area (Å²) in [4.78, 5) is 35.1. The van der Waals surface area contributed by atoms with Crippen LogP contribution in [0, 0.1) is 5.92 Å². The number of aromatic nitrogens is 2. The lowest BCUT2D eigenvalue weighted by atomic mass is 9.90. The van der Waals surface area contributed by atoms with Crippen LogP contribution in [0.2, 0.25) is 0 Å². The molecule has 2 aromatic heterocycles. The van der Waals surface area contributed by atoms with Crippen LogP contribution in [-0.4, -0.2) is 42.3 Å². The third-order valence-corrected chi connectivity index (χ3v) is 7.89. The van der Waals surface area contributed by atoms with Crippen LogP contribution < -0.4 is 20.3 Å². The number of pyridine rings is 2. The number of benzene rings is 1. The summed E-state index contributed by atoms with van der Waals surface area (Å²) in [7, 11) is -4.28. The summed E-state index contributed by atoms with van der Waals surface area (Å²) in [6.45, 7) is 8.45. The molecule has 0 bridgehead atoms. The molecule has 1 aliphatic heterocycles. The molecule has 1 atom stereocenters. The van der Waals surface area contributed by atoms with Gasteiger partial charge in [-0.05, 0) is 68.7 Å². The number of hydrogen-bond acceptors (Lipinski definition) is 8. The molecule has 3 aromatic rings. The SMILES string of the molecule is CC(=O)Nc1cccc(Nc2cccc(S(=O)(=O)NC(=O)c3cccnc3N3CCC(C)C3(C)C)n2)c1. The highest BCUT2D eigenvalue weighted by molar-refractivity contribution is 7.90. The van der Waals surface area contributed by atoms with Crippen LogP contribution in [-0.2, 0) is 14.8 Å². The molecule has 3 heterocycles. The summed E-state index contributed by atoms with van der Waals surface area (Å²) in [5.41, 5.74) is 1.12. The van der Waals surface area contributed by atoms with Gasteiger partial charge in [0.2, 0.25) is 5.91 Å². The molecule has 194 valence electrons. The highest BCUT2D eigenvalue weighted by atomic mass is 32.2. The number of nitrogens with one attached hydrogen (secondary N) is 3. The fourth-order valence-corrected chi connectivity index (χ4v) is 5.22. The lowest BCUT2D eigenvalue weighted by Gasteiger charge is -2.36. The highest BCUT2D eigenvalue weighted by Gasteiger charge is 2.40. The minimum Gasteiger partial charge on any atom is -0.351 e. The van der Waals surface area contributed by atoms with Gasteiger partial charge in [-0.15, -0.1) is 0 Å². The number of nitrogens with zero attached hydrogens (tertiary/aromatic N) is 3. The van der Waals surface area contributed by atoms with E-state index < -0.39 is 15.9 Å². The van der Waals surface area contributed by atoms with Crippen LogP contribution in [0.4, 0.5) is 23.0 Å². The standard InChI is InChI=1S/C26H30N6O4S/c1-17-13-15-32(26(17,3)4)24-21(10-7-14-27-24)25(34)31-37(35,36)23-12-6-11-22(30-23)29-20-9-5-8-19(16-20)28-18(2)33/h5-12,14,16-17H,13,15H2,1-4H3,(H,28,33)(H,29,30)(H,31,34). The summed E-state index contributed by atoms with van der Waals surface area (Å²) >= 11 is 0. The van der Waals surface area contributed by atoms with E-state index in [9.17, 15) is 18.0 Å². The van der Waals surface area contributed by atoms with Crippen molar-refractivity contribution in [1.82, 2.24) is 14.7 Å². The molecule has 11 heteroatoms. The molecule has 1 aliphatic rings. The third-order valence-electron chi connectivity index (χ3n) is 6.66. The van der Waals surface area contributed by atoms with Crippen molar-refractivity contribution in [3.05, 3.63) is 66.4 Å². The molecule has 0 saturated carbocycles. The van der Waals surface area contributed by atoms with Gasteiger partial charge in [0, 0.05) is 36.6 Å². The fourth-order valence-electron chi connectivity index (χ4n) is 4.29. The molecule has 0 spiro atoms. The van der Waals surface area contributed by atoms with E-state index in [-0.39, 0.29) is 27.9 Å². The smallest absolute Gasteiger partial charge is 0.281 e. The summed E-state index contributed by atoms with van der Waals surface area (Å²) in [5.74, 6) is 0.102. The molecule has 1 unspecified atom stereocenters. The predicted molar refractivity (Wildman–Crippen MR) is 142 cm³/mol. The number of amides is 2. The van der Waals surface area contributed by atoms with Gasteiger partial charge in [-0.2, -0.15) is 8.42 Å². The highest BCUT2D eigenvalue weighted by Crippen LogP contribution is 2.38. The van der Waals surface area contributed by atoms with Gasteiger partial charge in [0.1, 0.15) is 11.6 Å². The van der Waals surface area contributed by atoms with Crippen molar-refractivity contribution in [2.75, 3.05) is 22.1 Å². The predicted octanol–water partition coefficient (Wildman–Crippen LogP) is 3.92. The second-order valence-corrected chi connectivity index (χ2v) is 11.2. The molecule has 1 fully saturated rings. The third kappa shape index (κ3) is 5.72.